The number of pyridine rings is 1. The molecule has 3 aliphatic rings. The number of anilines is 2. The Kier molecular flexibility index (Phi) is 5.78. The smallest absolute Gasteiger partial charge is 0.261 e. The molecule has 2 unspecified atom stereocenters. The number of aromatic nitrogens is 1. The highest BCUT2D eigenvalue weighted by molar-refractivity contribution is 7.92. The van der Waals surface area contributed by atoms with E-state index >= 15 is 0 Å². The molecule has 0 radical (unpaired) electrons. The summed E-state index contributed by atoms with van der Waals surface area (Å²) in [5.74, 6) is -0.427. The fourth-order valence-electron chi connectivity index (χ4n) is 5.44. The number of hydrogen-bond donors (Lipinski definition) is 2. The molecule has 3 heterocycles. The first-order chi connectivity index (χ1) is 17.8. The maximum absolute atomic E-state index is 13.4. The molecule has 10 heteroatoms. The summed E-state index contributed by atoms with van der Waals surface area (Å²) in [5, 5.41) is 2.94. The van der Waals surface area contributed by atoms with Crippen molar-refractivity contribution in [3.8, 4) is 0 Å². The molecule has 6 rings (SSSR count). The van der Waals surface area contributed by atoms with Crippen LogP contribution in [0.3, 0.4) is 0 Å². The zero-order chi connectivity index (χ0) is 25.7. The molecule has 37 heavy (non-hydrogen) atoms. The SMILES string of the molecule is O=C(NC1CC1)c1ccc(N2CC3CC(C2)c2cccc(=O)n2C3)c(NS(=O)(=O)c2ccc(F)cc2)c1. The highest BCUT2D eigenvalue weighted by Crippen LogP contribution is 2.40. The van der Waals surface area contributed by atoms with Gasteiger partial charge in [-0.1, -0.05) is 6.07 Å². The zero-order valence-electron chi connectivity index (χ0n) is 20.1. The third-order valence-corrected chi connectivity index (χ3v) is 8.74. The topological polar surface area (TPSA) is 101 Å². The molecule has 192 valence electrons. The third-order valence-electron chi connectivity index (χ3n) is 7.36. The lowest BCUT2D eigenvalue weighted by Crippen LogP contribution is -2.47. The minimum Gasteiger partial charge on any atom is -0.369 e. The number of nitrogens with one attached hydrogen (secondary N) is 2. The van der Waals surface area contributed by atoms with Crippen molar-refractivity contribution in [2.45, 2.75) is 42.7 Å². The predicted molar refractivity (Wildman–Crippen MR) is 138 cm³/mol. The molecule has 2 atom stereocenters. The van der Waals surface area contributed by atoms with Gasteiger partial charge in [0, 0.05) is 48.9 Å². The second-order valence-corrected chi connectivity index (χ2v) is 11.8. The highest BCUT2D eigenvalue weighted by atomic mass is 32.2. The highest BCUT2D eigenvalue weighted by Gasteiger charge is 2.36. The van der Waals surface area contributed by atoms with Crippen molar-refractivity contribution < 1.29 is 17.6 Å². The molecule has 1 aromatic heterocycles. The number of sulfonamides is 1. The van der Waals surface area contributed by atoms with Crippen LogP contribution in [0.2, 0.25) is 0 Å². The van der Waals surface area contributed by atoms with E-state index in [4.69, 9.17) is 0 Å². The van der Waals surface area contributed by atoms with Crippen LogP contribution in [0.15, 0.2) is 70.4 Å². The van der Waals surface area contributed by atoms with Crippen LogP contribution >= 0.6 is 0 Å². The quantitative estimate of drug-likeness (QED) is 0.518. The zero-order valence-corrected chi connectivity index (χ0v) is 20.9. The molecular weight excluding hydrogens is 495 g/mol. The molecule has 1 amide bonds. The lowest BCUT2D eigenvalue weighted by Gasteiger charge is -2.44. The molecule has 1 aliphatic carbocycles. The van der Waals surface area contributed by atoms with Gasteiger partial charge >= 0.3 is 0 Å². The average molecular weight is 523 g/mol. The Labute approximate surface area is 214 Å². The van der Waals surface area contributed by atoms with Gasteiger partial charge in [-0.2, -0.15) is 0 Å². The number of carbonyl (C=O) groups is 1. The Morgan fingerprint density at radius 2 is 1.76 bits per heavy atom. The number of benzene rings is 2. The van der Waals surface area contributed by atoms with Crippen molar-refractivity contribution >= 4 is 27.3 Å². The van der Waals surface area contributed by atoms with Gasteiger partial charge in [0.1, 0.15) is 5.82 Å². The third kappa shape index (κ3) is 4.73. The fraction of sp³-hybridized carbons (Fsp3) is 0.333. The standard InChI is InChI=1S/C27H27FN4O4S/c28-20-5-9-22(10-6-20)37(35,36)30-23-13-18(27(34)29-21-7-8-21)4-11-25(23)31-14-17-12-19(16-31)24-2-1-3-26(33)32(24)15-17/h1-6,9-11,13,17,19,21,30H,7-8,12,14-16H2,(H,29,34). The van der Waals surface area contributed by atoms with Gasteiger partial charge in [-0.15, -0.1) is 0 Å². The van der Waals surface area contributed by atoms with Crippen molar-refractivity contribution in [3.63, 3.8) is 0 Å². The van der Waals surface area contributed by atoms with E-state index in [0.29, 0.717) is 30.9 Å². The molecule has 1 saturated heterocycles. The molecule has 2 aliphatic heterocycles. The normalized spacial score (nSPS) is 20.7. The van der Waals surface area contributed by atoms with Crippen molar-refractivity contribution in [3.05, 3.63) is 88.1 Å². The first-order valence-electron chi connectivity index (χ1n) is 12.4. The van der Waals surface area contributed by atoms with Crippen LogP contribution in [0, 0.1) is 11.7 Å². The summed E-state index contributed by atoms with van der Waals surface area (Å²) < 4.78 is 44.4. The van der Waals surface area contributed by atoms with Gasteiger partial charge in [0.05, 0.1) is 16.3 Å². The molecule has 8 nitrogen and oxygen atoms in total. The average Bonchev–Trinajstić information content (AvgIpc) is 3.68. The van der Waals surface area contributed by atoms with Crippen LogP contribution in [0.5, 0.6) is 0 Å². The van der Waals surface area contributed by atoms with E-state index in [1.54, 1.807) is 30.3 Å². The number of hydrogen-bond acceptors (Lipinski definition) is 5. The summed E-state index contributed by atoms with van der Waals surface area (Å²) in [6, 6.07) is 15.2. The minimum absolute atomic E-state index is 0.000532. The summed E-state index contributed by atoms with van der Waals surface area (Å²) in [5.41, 5.74) is 2.30. The van der Waals surface area contributed by atoms with Gasteiger partial charge in [-0.3, -0.25) is 14.3 Å². The number of nitrogens with zero attached hydrogens (tertiary/aromatic N) is 2. The number of piperidine rings is 1. The van der Waals surface area contributed by atoms with E-state index in [2.05, 4.69) is 14.9 Å². The van der Waals surface area contributed by atoms with E-state index < -0.39 is 15.8 Å². The van der Waals surface area contributed by atoms with E-state index in [1.807, 2.05) is 10.6 Å². The van der Waals surface area contributed by atoms with E-state index in [0.717, 1.165) is 37.1 Å². The summed E-state index contributed by atoms with van der Waals surface area (Å²) >= 11 is 0. The summed E-state index contributed by atoms with van der Waals surface area (Å²) in [6.45, 7) is 1.87. The minimum atomic E-state index is -4.04. The largest absolute Gasteiger partial charge is 0.369 e. The van der Waals surface area contributed by atoms with Crippen LogP contribution in [-0.2, 0) is 16.6 Å². The van der Waals surface area contributed by atoms with Crippen LogP contribution < -0.4 is 20.5 Å². The summed E-state index contributed by atoms with van der Waals surface area (Å²) in [6.07, 6.45) is 2.84. The Morgan fingerprint density at radius 3 is 2.51 bits per heavy atom. The van der Waals surface area contributed by atoms with Crippen molar-refractivity contribution in [1.29, 1.82) is 0 Å². The molecule has 1 saturated carbocycles. The lowest BCUT2D eigenvalue weighted by molar-refractivity contribution is 0.0951. The van der Waals surface area contributed by atoms with Crippen molar-refractivity contribution in [2.75, 3.05) is 22.7 Å². The van der Waals surface area contributed by atoms with Gasteiger partial charge in [-0.25, -0.2) is 12.8 Å². The molecular formula is C27H27FN4O4S. The Balaban J connectivity index is 1.36. The number of fused-ring (bicyclic) bond motifs is 4. The van der Waals surface area contributed by atoms with Crippen LogP contribution in [-0.4, -0.2) is 38.0 Å². The number of halogens is 1. The van der Waals surface area contributed by atoms with Gasteiger partial charge < -0.3 is 14.8 Å². The van der Waals surface area contributed by atoms with Gasteiger partial charge in [0.25, 0.3) is 21.5 Å². The second-order valence-electron chi connectivity index (χ2n) is 10.1. The second kappa shape index (κ2) is 9.02. The van der Waals surface area contributed by atoms with E-state index in [9.17, 15) is 22.4 Å². The Morgan fingerprint density at radius 1 is 0.973 bits per heavy atom. The Hall–Kier alpha value is -3.66. The first-order valence-corrected chi connectivity index (χ1v) is 13.9. The first kappa shape index (κ1) is 23.7. The number of amides is 1. The molecule has 2 aromatic carbocycles. The van der Waals surface area contributed by atoms with E-state index in [-0.39, 0.29) is 39.9 Å². The van der Waals surface area contributed by atoms with Crippen molar-refractivity contribution in [1.82, 2.24) is 9.88 Å². The van der Waals surface area contributed by atoms with E-state index in [1.165, 1.54) is 12.1 Å². The van der Waals surface area contributed by atoms with Gasteiger partial charge in [0.15, 0.2) is 0 Å². The number of rotatable bonds is 6. The Bertz CT molecular complexity index is 1530. The molecule has 2 bridgehead atoms. The molecule has 0 spiro atoms. The summed E-state index contributed by atoms with van der Waals surface area (Å²) in [4.78, 5) is 27.2. The molecule has 2 fully saturated rings. The monoisotopic (exact) mass is 522 g/mol. The van der Waals surface area contributed by atoms with Crippen molar-refractivity contribution in [2.24, 2.45) is 5.92 Å². The maximum Gasteiger partial charge on any atom is 0.261 e. The molecule has 2 N–H and O–H groups in total. The molecule has 3 aromatic rings. The lowest BCUT2D eigenvalue weighted by atomic mass is 9.83. The summed E-state index contributed by atoms with van der Waals surface area (Å²) in [7, 11) is -4.04. The predicted octanol–water partition coefficient (Wildman–Crippen LogP) is 3.30. The number of carbonyl (C=O) groups excluding carboxylic acids is 1. The van der Waals surface area contributed by atoms with Crippen LogP contribution in [0.25, 0.3) is 0 Å². The fourth-order valence-corrected chi connectivity index (χ4v) is 6.51. The maximum atomic E-state index is 13.4. The van der Waals surface area contributed by atoms with Crippen LogP contribution in [0.1, 0.15) is 41.2 Å². The van der Waals surface area contributed by atoms with Crippen LogP contribution in [0.4, 0.5) is 15.8 Å². The van der Waals surface area contributed by atoms with Gasteiger partial charge in [-0.05, 0) is 73.7 Å². The van der Waals surface area contributed by atoms with Gasteiger partial charge in [0.2, 0.25) is 0 Å².